The Hall–Kier alpha value is -1.39. The van der Waals surface area contributed by atoms with Crippen LogP contribution in [0.2, 0.25) is 0 Å². The highest BCUT2D eigenvalue weighted by Crippen LogP contribution is 2.11. The van der Waals surface area contributed by atoms with Crippen molar-refractivity contribution in [3.63, 3.8) is 0 Å². The lowest BCUT2D eigenvalue weighted by molar-refractivity contribution is 0.518. The number of aliphatic imine (C=N–C) groups is 1. The molecule has 0 aliphatic rings. The summed E-state index contributed by atoms with van der Waals surface area (Å²) in [5.74, 6) is 0.0738. The molecule has 6 heteroatoms. The van der Waals surface area contributed by atoms with E-state index < -0.39 is 15.2 Å². The molecule has 0 fully saturated rings. The van der Waals surface area contributed by atoms with Crippen molar-refractivity contribution in [1.29, 1.82) is 0 Å². The molecule has 0 radical (unpaired) electrons. The maximum atomic E-state index is 11.5. The Morgan fingerprint density at radius 1 is 1.64 bits per heavy atom. The number of nitrogens with zero attached hydrogens (tertiary/aromatic N) is 1. The molecule has 76 valence electrons. The second-order valence-corrected chi connectivity index (χ2v) is 5.00. The molecule has 0 aliphatic carbocycles. The highest BCUT2D eigenvalue weighted by Gasteiger charge is 2.21. The predicted octanol–water partition coefficient (Wildman–Crippen LogP) is 0.876. The predicted molar refractivity (Wildman–Crippen MR) is 48.9 cm³/mol. The molecule has 0 saturated carbocycles. The Kier molecular flexibility index (Phi) is 3.22. The molecular weight excluding hydrogens is 206 g/mol. The van der Waals surface area contributed by atoms with Crippen LogP contribution in [0, 0.1) is 0 Å². The average molecular weight is 215 g/mol. The van der Waals surface area contributed by atoms with Crippen LogP contribution >= 0.6 is 0 Å². The van der Waals surface area contributed by atoms with Gasteiger partial charge in [-0.05, 0) is 19.1 Å². The van der Waals surface area contributed by atoms with Gasteiger partial charge in [-0.3, -0.25) is 0 Å². The van der Waals surface area contributed by atoms with Crippen LogP contribution in [0.5, 0.6) is 0 Å². The van der Waals surface area contributed by atoms with Gasteiger partial charge in [-0.1, -0.05) is 0 Å². The van der Waals surface area contributed by atoms with Crippen molar-refractivity contribution < 1.29 is 17.6 Å². The third-order valence-electron chi connectivity index (χ3n) is 1.68. The van der Waals surface area contributed by atoms with Crippen molar-refractivity contribution in [2.75, 3.05) is 0 Å². The zero-order chi connectivity index (χ0) is 10.6. The summed E-state index contributed by atoms with van der Waals surface area (Å²) in [6.07, 6.45) is 2.61. The van der Waals surface area contributed by atoms with Crippen LogP contribution in [0.4, 0.5) is 0 Å². The van der Waals surface area contributed by atoms with E-state index in [1.54, 1.807) is 12.1 Å². The lowest BCUT2D eigenvalue weighted by Gasteiger charge is -2.03. The normalized spacial score (nSPS) is 13.2. The lowest BCUT2D eigenvalue weighted by Crippen LogP contribution is -2.17. The number of sulfone groups is 1. The lowest BCUT2D eigenvalue weighted by atomic mass is 10.5. The summed E-state index contributed by atoms with van der Waals surface area (Å²) in [5, 5.41) is -1.08. The minimum atomic E-state index is -3.47. The van der Waals surface area contributed by atoms with Crippen LogP contribution in [-0.2, 0) is 20.4 Å². The molecule has 0 N–H and O–H groups in total. The van der Waals surface area contributed by atoms with Gasteiger partial charge < -0.3 is 4.42 Å². The Labute approximate surface area is 81.4 Å². The van der Waals surface area contributed by atoms with E-state index in [1.807, 2.05) is 0 Å². The van der Waals surface area contributed by atoms with Crippen molar-refractivity contribution in [2.45, 2.75) is 18.1 Å². The molecule has 1 atom stereocenters. The van der Waals surface area contributed by atoms with Gasteiger partial charge in [0, 0.05) is 0 Å². The highest BCUT2D eigenvalue weighted by molar-refractivity contribution is 7.91. The second-order valence-electron chi connectivity index (χ2n) is 2.71. The summed E-state index contributed by atoms with van der Waals surface area (Å²) in [6.45, 7) is 1.32. The van der Waals surface area contributed by atoms with E-state index in [0.29, 0.717) is 5.76 Å². The number of isocyanates is 1. The third-order valence-corrected chi connectivity index (χ3v) is 3.51. The van der Waals surface area contributed by atoms with Crippen molar-refractivity contribution >= 4 is 15.9 Å². The summed E-state index contributed by atoms with van der Waals surface area (Å²) < 4.78 is 27.8. The van der Waals surface area contributed by atoms with E-state index in [0.717, 1.165) is 0 Å². The summed E-state index contributed by atoms with van der Waals surface area (Å²) in [4.78, 5) is 13.0. The van der Waals surface area contributed by atoms with Gasteiger partial charge in [0.2, 0.25) is 6.08 Å². The van der Waals surface area contributed by atoms with Crippen molar-refractivity contribution in [3.05, 3.63) is 24.2 Å². The van der Waals surface area contributed by atoms with E-state index in [1.165, 1.54) is 19.3 Å². The Morgan fingerprint density at radius 3 is 2.86 bits per heavy atom. The monoisotopic (exact) mass is 215 g/mol. The highest BCUT2D eigenvalue weighted by atomic mass is 32.2. The average Bonchev–Trinajstić information content (AvgIpc) is 2.56. The molecule has 14 heavy (non-hydrogen) atoms. The van der Waals surface area contributed by atoms with Crippen LogP contribution in [-0.4, -0.2) is 19.9 Å². The van der Waals surface area contributed by atoms with E-state index >= 15 is 0 Å². The summed E-state index contributed by atoms with van der Waals surface area (Å²) in [6, 6.07) is 3.15. The fraction of sp³-hybridized carbons (Fsp3) is 0.375. The van der Waals surface area contributed by atoms with Crippen LogP contribution in [0.15, 0.2) is 27.8 Å². The second kappa shape index (κ2) is 4.21. The van der Waals surface area contributed by atoms with Gasteiger partial charge in [-0.2, -0.15) is 4.99 Å². The molecule has 0 amide bonds. The minimum Gasteiger partial charge on any atom is -0.468 e. The summed E-state index contributed by atoms with van der Waals surface area (Å²) >= 11 is 0. The van der Waals surface area contributed by atoms with Gasteiger partial charge in [0.15, 0.2) is 15.2 Å². The van der Waals surface area contributed by atoms with Gasteiger partial charge in [0.05, 0.1) is 6.26 Å². The smallest absolute Gasteiger partial charge is 0.236 e. The molecular formula is C8H9NO4S. The quantitative estimate of drug-likeness (QED) is 0.551. The van der Waals surface area contributed by atoms with Crippen molar-refractivity contribution in [3.8, 4) is 0 Å². The van der Waals surface area contributed by atoms with Gasteiger partial charge in [0.1, 0.15) is 11.5 Å². The van der Waals surface area contributed by atoms with E-state index in [4.69, 9.17) is 4.42 Å². The van der Waals surface area contributed by atoms with Gasteiger partial charge in [-0.25, -0.2) is 13.2 Å². The van der Waals surface area contributed by atoms with Crippen LogP contribution in [0.25, 0.3) is 0 Å². The van der Waals surface area contributed by atoms with Gasteiger partial charge >= 0.3 is 0 Å². The molecule has 0 aliphatic heterocycles. The molecule has 1 heterocycles. The SMILES string of the molecule is CC(N=C=O)S(=O)(=O)Cc1ccco1. The fourth-order valence-corrected chi connectivity index (χ4v) is 1.87. The third kappa shape index (κ3) is 2.55. The molecule has 0 saturated heterocycles. The van der Waals surface area contributed by atoms with Gasteiger partial charge in [0.25, 0.3) is 0 Å². The Balaban J connectivity index is 2.82. The topological polar surface area (TPSA) is 76.7 Å². The number of carbonyl (C=O) groups excluding carboxylic acids is 1. The molecule has 1 unspecified atom stereocenters. The number of rotatable bonds is 4. The minimum absolute atomic E-state index is 0.258. The van der Waals surface area contributed by atoms with Crippen LogP contribution in [0.3, 0.4) is 0 Å². The molecule has 1 aromatic heterocycles. The number of hydrogen-bond donors (Lipinski definition) is 0. The van der Waals surface area contributed by atoms with Crippen molar-refractivity contribution in [1.82, 2.24) is 0 Å². The number of furan rings is 1. The van der Waals surface area contributed by atoms with E-state index in [9.17, 15) is 13.2 Å². The van der Waals surface area contributed by atoms with Crippen molar-refractivity contribution in [2.24, 2.45) is 4.99 Å². The van der Waals surface area contributed by atoms with Crippen LogP contribution < -0.4 is 0 Å². The van der Waals surface area contributed by atoms with Gasteiger partial charge in [-0.15, -0.1) is 0 Å². The first-order valence-corrected chi connectivity index (χ1v) is 5.59. The first-order valence-electron chi connectivity index (χ1n) is 3.87. The number of hydrogen-bond acceptors (Lipinski definition) is 5. The zero-order valence-electron chi connectivity index (χ0n) is 7.50. The maximum Gasteiger partial charge on any atom is 0.236 e. The maximum absolute atomic E-state index is 11.5. The Bertz CT molecular complexity index is 428. The standard InChI is InChI=1S/C8H9NO4S/c1-7(9-6-10)14(11,12)5-8-3-2-4-13-8/h2-4,7H,5H2,1H3. The van der Waals surface area contributed by atoms with E-state index in [2.05, 4.69) is 4.99 Å². The first kappa shape index (κ1) is 10.7. The molecule has 0 bridgehead atoms. The first-order chi connectivity index (χ1) is 6.56. The molecule has 0 aromatic carbocycles. The van der Waals surface area contributed by atoms with E-state index in [-0.39, 0.29) is 5.75 Å². The van der Waals surface area contributed by atoms with Crippen LogP contribution in [0.1, 0.15) is 12.7 Å². The summed E-state index contributed by atoms with van der Waals surface area (Å²) in [5.41, 5.74) is 0. The largest absolute Gasteiger partial charge is 0.468 e. The molecule has 0 spiro atoms. The zero-order valence-corrected chi connectivity index (χ0v) is 8.32. The molecule has 1 aromatic rings. The Morgan fingerprint density at radius 2 is 2.36 bits per heavy atom. The molecule has 1 rings (SSSR count). The summed E-state index contributed by atoms with van der Waals surface area (Å²) in [7, 11) is -3.47. The fourth-order valence-electron chi connectivity index (χ4n) is 0.868. The molecule has 5 nitrogen and oxygen atoms in total.